The minimum Gasteiger partial charge on any atom is -0.353 e. The fraction of sp³-hybridized carbons (Fsp3) is 0.417. The van der Waals surface area contributed by atoms with Gasteiger partial charge < -0.3 is 10.2 Å². The highest BCUT2D eigenvalue weighted by Crippen LogP contribution is 2.16. The maximum atomic E-state index is 13.1. The minimum absolute atomic E-state index is 0.0473. The molecule has 1 N–H and O–H groups in total. The SMILES string of the molecule is CC(C)NC(=O)CN1CCN(C(=O)c2ccccc2CCc2ccccc2)CC1. The largest absolute Gasteiger partial charge is 0.353 e. The number of carbonyl (C=O) groups is 2. The molecule has 2 aromatic carbocycles. The third-order valence-corrected chi connectivity index (χ3v) is 5.25. The summed E-state index contributed by atoms with van der Waals surface area (Å²) in [7, 11) is 0. The van der Waals surface area contributed by atoms with Gasteiger partial charge in [0.15, 0.2) is 0 Å². The van der Waals surface area contributed by atoms with E-state index in [4.69, 9.17) is 0 Å². The van der Waals surface area contributed by atoms with Crippen LogP contribution in [0.5, 0.6) is 0 Å². The Balaban J connectivity index is 1.56. The number of nitrogens with zero attached hydrogens (tertiary/aromatic N) is 2. The predicted molar refractivity (Wildman–Crippen MR) is 116 cm³/mol. The number of hydrogen-bond donors (Lipinski definition) is 1. The lowest BCUT2D eigenvalue weighted by Gasteiger charge is -2.34. The Labute approximate surface area is 173 Å². The second-order valence-corrected chi connectivity index (χ2v) is 7.93. The standard InChI is InChI=1S/C24H31N3O2/c1-19(2)25-23(28)18-26-14-16-27(17-15-26)24(29)22-11-7-6-10-21(22)13-12-20-8-4-3-5-9-20/h3-11,19H,12-18H2,1-2H3,(H,25,28). The summed E-state index contributed by atoms with van der Waals surface area (Å²) in [5.74, 6) is 0.144. The fourth-order valence-electron chi connectivity index (χ4n) is 3.72. The molecule has 0 atom stereocenters. The maximum absolute atomic E-state index is 13.1. The van der Waals surface area contributed by atoms with Crippen LogP contribution in [0.25, 0.3) is 0 Å². The summed E-state index contributed by atoms with van der Waals surface area (Å²) in [4.78, 5) is 29.1. The van der Waals surface area contributed by atoms with E-state index in [-0.39, 0.29) is 17.9 Å². The van der Waals surface area contributed by atoms with Gasteiger partial charge in [-0.05, 0) is 43.9 Å². The number of hydrogen-bond acceptors (Lipinski definition) is 3. The van der Waals surface area contributed by atoms with E-state index in [1.807, 2.05) is 55.1 Å². The zero-order valence-electron chi connectivity index (χ0n) is 17.4. The first kappa shape index (κ1) is 21.1. The van der Waals surface area contributed by atoms with Crippen molar-refractivity contribution in [2.24, 2.45) is 0 Å². The van der Waals surface area contributed by atoms with Crippen LogP contribution in [0.1, 0.15) is 35.3 Å². The molecule has 1 fully saturated rings. The molecule has 3 rings (SSSR count). The van der Waals surface area contributed by atoms with Gasteiger partial charge in [0.05, 0.1) is 6.54 Å². The summed E-state index contributed by atoms with van der Waals surface area (Å²) < 4.78 is 0. The average Bonchev–Trinajstić information content (AvgIpc) is 2.72. The zero-order chi connectivity index (χ0) is 20.6. The molecule has 1 heterocycles. The van der Waals surface area contributed by atoms with Crippen molar-refractivity contribution < 1.29 is 9.59 Å². The second-order valence-electron chi connectivity index (χ2n) is 7.93. The van der Waals surface area contributed by atoms with Gasteiger partial charge in [0.1, 0.15) is 0 Å². The average molecular weight is 394 g/mol. The van der Waals surface area contributed by atoms with Crippen molar-refractivity contribution in [3.63, 3.8) is 0 Å². The highest BCUT2D eigenvalue weighted by Gasteiger charge is 2.24. The predicted octanol–water partition coefficient (Wildman–Crippen LogP) is 2.75. The minimum atomic E-state index is 0.0473. The van der Waals surface area contributed by atoms with Gasteiger partial charge in [0, 0.05) is 37.8 Å². The molecule has 0 aliphatic carbocycles. The van der Waals surface area contributed by atoms with Gasteiger partial charge in [-0.1, -0.05) is 48.5 Å². The molecule has 5 nitrogen and oxygen atoms in total. The summed E-state index contributed by atoms with van der Waals surface area (Å²) >= 11 is 0. The van der Waals surface area contributed by atoms with E-state index in [1.165, 1.54) is 5.56 Å². The number of piperazine rings is 1. The maximum Gasteiger partial charge on any atom is 0.254 e. The first-order valence-corrected chi connectivity index (χ1v) is 10.5. The summed E-state index contributed by atoms with van der Waals surface area (Å²) in [5, 5.41) is 2.92. The Morgan fingerprint density at radius 2 is 1.55 bits per heavy atom. The molecule has 2 amide bonds. The highest BCUT2D eigenvalue weighted by atomic mass is 16.2. The van der Waals surface area contributed by atoms with E-state index in [0.29, 0.717) is 19.6 Å². The molecule has 0 radical (unpaired) electrons. The van der Waals surface area contributed by atoms with E-state index in [2.05, 4.69) is 28.4 Å². The van der Waals surface area contributed by atoms with Crippen molar-refractivity contribution in [3.05, 3.63) is 71.3 Å². The van der Waals surface area contributed by atoms with Crippen LogP contribution in [-0.4, -0.2) is 60.4 Å². The summed E-state index contributed by atoms with van der Waals surface area (Å²) in [6.07, 6.45) is 1.77. The lowest BCUT2D eigenvalue weighted by molar-refractivity contribution is -0.123. The third-order valence-electron chi connectivity index (χ3n) is 5.25. The van der Waals surface area contributed by atoms with Crippen LogP contribution in [-0.2, 0) is 17.6 Å². The Morgan fingerprint density at radius 1 is 0.897 bits per heavy atom. The van der Waals surface area contributed by atoms with Crippen LogP contribution in [0, 0.1) is 0 Å². The Kier molecular flexibility index (Phi) is 7.42. The van der Waals surface area contributed by atoms with E-state index in [1.54, 1.807) is 0 Å². The highest BCUT2D eigenvalue weighted by molar-refractivity contribution is 5.95. The zero-order valence-corrected chi connectivity index (χ0v) is 17.4. The number of nitrogens with one attached hydrogen (secondary N) is 1. The third kappa shape index (κ3) is 6.16. The number of aryl methyl sites for hydroxylation is 2. The molecule has 1 aliphatic heterocycles. The normalized spacial score (nSPS) is 14.8. The van der Waals surface area contributed by atoms with Gasteiger partial charge in [-0.15, -0.1) is 0 Å². The Morgan fingerprint density at radius 3 is 2.24 bits per heavy atom. The van der Waals surface area contributed by atoms with Crippen LogP contribution in [0.4, 0.5) is 0 Å². The second kappa shape index (κ2) is 10.2. The lowest BCUT2D eigenvalue weighted by Crippen LogP contribution is -2.51. The van der Waals surface area contributed by atoms with Gasteiger partial charge in [0.25, 0.3) is 5.91 Å². The van der Waals surface area contributed by atoms with Gasteiger partial charge in [-0.2, -0.15) is 0 Å². The van der Waals surface area contributed by atoms with Crippen LogP contribution in [0.15, 0.2) is 54.6 Å². The van der Waals surface area contributed by atoms with Gasteiger partial charge in [-0.25, -0.2) is 0 Å². The first-order valence-electron chi connectivity index (χ1n) is 10.5. The molecule has 154 valence electrons. The van der Waals surface area contributed by atoms with Crippen molar-refractivity contribution in [2.75, 3.05) is 32.7 Å². The summed E-state index contributed by atoms with van der Waals surface area (Å²) in [6.45, 7) is 7.08. The van der Waals surface area contributed by atoms with Crippen LogP contribution in [0.2, 0.25) is 0 Å². The number of benzene rings is 2. The number of amides is 2. The van der Waals surface area contributed by atoms with Gasteiger partial charge in [0.2, 0.25) is 5.91 Å². The quantitative estimate of drug-likeness (QED) is 0.787. The number of rotatable bonds is 7. The Hall–Kier alpha value is -2.66. The summed E-state index contributed by atoms with van der Waals surface area (Å²) in [5.41, 5.74) is 3.18. The molecule has 0 bridgehead atoms. The summed E-state index contributed by atoms with van der Waals surface area (Å²) in [6, 6.07) is 18.5. The lowest BCUT2D eigenvalue weighted by atomic mass is 9.99. The molecule has 2 aromatic rings. The van der Waals surface area contributed by atoms with E-state index in [0.717, 1.165) is 37.1 Å². The van der Waals surface area contributed by atoms with Crippen molar-refractivity contribution in [1.82, 2.24) is 15.1 Å². The molecular formula is C24H31N3O2. The van der Waals surface area contributed by atoms with Crippen LogP contribution < -0.4 is 5.32 Å². The van der Waals surface area contributed by atoms with Crippen LogP contribution >= 0.6 is 0 Å². The van der Waals surface area contributed by atoms with Crippen molar-refractivity contribution >= 4 is 11.8 Å². The topological polar surface area (TPSA) is 52.7 Å². The molecule has 0 unspecified atom stereocenters. The smallest absolute Gasteiger partial charge is 0.254 e. The van der Waals surface area contributed by atoms with E-state index in [9.17, 15) is 9.59 Å². The Bertz CT molecular complexity index is 812. The van der Waals surface area contributed by atoms with Crippen molar-refractivity contribution in [2.45, 2.75) is 32.7 Å². The van der Waals surface area contributed by atoms with Crippen molar-refractivity contribution in [1.29, 1.82) is 0 Å². The van der Waals surface area contributed by atoms with E-state index < -0.39 is 0 Å². The molecule has 0 spiro atoms. The van der Waals surface area contributed by atoms with Crippen molar-refractivity contribution in [3.8, 4) is 0 Å². The van der Waals surface area contributed by atoms with Crippen LogP contribution in [0.3, 0.4) is 0 Å². The van der Waals surface area contributed by atoms with Gasteiger partial charge >= 0.3 is 0 Å². The molecule has 0 aromatic heterocycles. The monoisotopic (exact) mass is 393 g/mol. The van der Waals surface area contributed by atoms with E-state index >= 15 is 0 Å². The molecule has 0 saturated carbocycles. The first-order chi connectivity index (χ1) is 14.0. The fourth-order valence-corrected chi connectivity index (χ4v) is 3.72. The molecule has 29 heavy (non-hydrogen) atoms. The molecule has 5 heteroatoms. The molecule has 1 saturated heterocycles. The molecule has 1 aliphatic rings. The van der Waals surface area contributed by atoms with Gasteiger partial charge in [-0.3, -0.25) is 14.5 Å². The molecular weight excluding hydrogens is 362 g/mol. The number of carbonyl (C=O) groups excluding carboxylic acids is 2.